The third kappa shape index (κ3) is 4.29. The smallest absolute Gasteiger partial charge is 0.255 e. The van der Waals surface area contributed by atoms with Crippen LogP contribution in [-0.4, -0.2) is 30.0 Å². The highest BCUT2D eigenvalue weighted by molar-refractivity contribution is 6.04. The van der Waals surface area contributed by atoms with Gasteiger partial charge in [0.05, 0.1) is 0 Å². The van der Waals surface area contributed by atoms with Crippen LogP contribution in [0.4, 0.5) is 5.69 Å². The van der Waals surface area contributed by atoms with Crippen molar-refractivity contribution in [2.45, 2.75) is 6.54 Å². The van der Waals surface area contributed by atoms with Crippen LogP contribution in [0.2, 0.25) is 0 Å². The first-order valence-corrected chi connectivity index (χ1v) is 8.46. The van der Waals surface area contributed by atoms with Gasteiger partial charge in [-0.15, -0.1) is 0 Å². The Kier molecular flexibility index (Phi) is 5.34. The van der Waals surface area contributed by atoms with E-state index in [1.165, 1.54) is 6.07 Å². The molecule has 3 aromatic carbocycles. The molecule has 26 heavy (non-hydrogen) atoms. The maximum absolute atomic E-state index is 12.6. The van der Waals surface area contributed by atoms with E-state index in [0.717, 1.165) is 23.2 Å². The van der Waals surface area contributed by atoms with Crippen molar-refractivity contribution >= 4 is 11.6 Å². The molecule has 0 bridgehead atoms. The summed E-state index contributed by atoms with van der Waals surface area (Å²) in [6, 6.07) is 22.4. The van der Waals surface area contributed by atoms with Gasteiger partial charge in [0.1, 0.15) is 5.75 Å². The van der Waals surface area contributed by atoms with Crippen molar-refractivity contribution in [3.63, 3.8) is 0 Å². The van der Waals surface area contributed by atoms with Crippen LogP contribution in [0.3, 0.4) is 0 Å². The quantitative estimate of drug-likeness (QED) is 0.721. The highest BCUT2D eigenvalue weighted by Crippen LogP contribution is 2.26. The number of anilines is 1. The van der Waals surface area contributed by atoms with Crippen molar-refractivity contribution in [3.05, 3.63) is 83.9 Å². The van der Waals surface area contributed by atoms with Gasteiger partial charge in [0.15, 0.2) is 0 Å². The lowest BCUT2D eigenvalue weighted by molar-refractivity contribution is 0.102. The van der Waals surface area contributed by atoms with Crippen molar-refractivity contribution in [1.82, 2.24) is 4.90 Å². The van der Waals surface area contributed by atoms with E-state index in [1.807, 2.05) is 50.5 Å². The molecule has 1 amide bonds. The predicted molar refractivity (Wildman–Crippen MR) is 105 cm³/mol. The van der Waals surface area contributed by atoms with Gasteiger partial charge >= 0.3 is 0 Å². The zero-order valence-corrected chi connectivity index (χ0v) is 14.9. The van der Waals surface area contributed by atoms with Crippen molar-refractivity contribution in [3.8, 4) is 16.9 Å². The molecule has 0 aliphatic heterocycles. The number of hydrogen-bond donors (Lipinski definition) is 2. The molecule has 4 nitrogen and oxygen atoms in total. The van der Waals surface area contributed by atoms with Gasteiger partial charge in [0.2, 0.25) is 0 Å². The fraction of sp³-hybridized carbons (Fsp3) is 0.136. The van der Waals surface area contributed by atoms with E-state index in [2.05, 4.69) is 22.3 Å². The van der Waals surface area contributed by atoms with Crippen molar-refractivity contribution in [1.29, 1.82) is 0 Å². The molecular formula is C22H22N2O2. The molecule has 0 radical (unpaired) electrons. The predicted octanol–water partition coefficient (Wildman–Crippen LogP) is 4.37. The van der Waals surface area contributed by atoms with Crippen LogP contribution in [0.15, 0.2) is 72.8 Å². The average molecular weight is 346 g/mol. The Morgan fingerprint density at radius 1 is 0.962 bits per heavy atom. The summed E-state index contributed by atoms with van der Waals surface area (Å²) in [6.07, 6.45) is 0. The van der Waals surface area contributed by atoms with E-state index in [1.54, 1.807) is 18.2 Å². The van der Waals surface area contributed by atoms with Gasteiger partial charge in [-0.2, -0.15) is 0 Å². The number of hydrogen-bond acceptors (Lipinski definition) is 3. The van der Waals surface area contributed by atoms with E-state index in [-0.39, 0.29) is 11.7 Å². The first kappa shape index (κ1) is 17.7. The molecule has 132 valence electrons. The Hall–Kier alpha value is -3.11. The number of nitrogens with one attached hydrogen (secondary N) is 1. The molecule has 0 aliphatic carbocycles. The van der Waals surface area contributed by atoms with Crippen LogP contribution in [0, 0.1) is 0 Å². The van der Waals surface area contributed by atoms with Gasteiger partial charge in [-0.05, 0) is 55.1 Å². The second-order valence-corrected chi connectivity index (χ2v) is 6.48. The Labute approximate surface area is 153 Å². The molecule has 0 saturated heterocycles. The molecule has 0 fully saturated rings. The van der Waals surface area contributed by atoms with Crippen LogP contribution >= 0.6 is 0 Å². The van der Waals surface area contributed by atoms with Crippen molar-refractivity contribution < 1.29 is 9.90 Å². The maximum atomic E-state index is 12.6. The van der Waals surface area contributed by atoms with Crippen LogP contribution < -0.4 is 5.32 Å². The van der Waals surface area contributed by atoms with Gasteiger partial charge in [0.25, 0.3) is 5.91 Å². The summed E-state index contributed by atoms with van der Waals surface area (Å²) < 4.78 is 0. The third-order valence-corrected chi connectivity index (χ3v) is 4.04. The van der Waals surface area contributed by atoms with E-state index in [4.69, 9.17) is 0 Å². The molecule has 0 spiro atoms. The zero-order valence-electron chi connectivity index (χ0n) is 14.9. The number of carbonyl (C=O) groups is 1. The van der Waals surface area contributed by atoms with E-state index in [9.17, 15) is 9.90 Å². The third-order valence-electron chi connectivity index (χ3n) is 4.04. The SMILES string of the molecule is CN(C)Cc1cc(C(=O)Nc2cccc(O)c2)ccc1-c1ccccc1. The van der Waals surface area contributed by atoms with Crippen LogP contribution in [0.25, 0.3) is 11.1 Å². The van der Waals surface area contributed by atoms with Gasteiger partial charge in [0, 0.05) is 23.9 Å². The highest BCUT2D eigenvalue weighted by atomic mass is 16.3. The second-order valence-electron chi connectivity index (χ2n) is 6.48. The number of carbonyl (C=O) groups excluding carboxylic acids is 1. The summed E-state index contributed by atoms with van der Waals surface area (Å²) in [7, 11) is 4.02. The number of aromatic hydroxyl groups is 1. The second kappa shape index (κ2) is 7.85. The Balaban J connectivity index is 1.92. The molecule has 0 heterocycles. The van der Waals surface area contributed by atoms with E-state index >= 15 is 0 Å². The zero-order chi connectivity index (χ0) is 18.5. The van der Waals surface area contributed by atoms with Crippen LogP contribution in [-0.2, 0) is 6.54 Å². The largest absolute Gasteiger partial charge is 0.508 e. The molecule has 4 heteroatoms. The Morgan fingerprint density at radius 3 is 2.42 bits per heavy atom. The van der Waals surface area contributed by atoms with Gasteiger partial charge in [-0.25, -0.2) is 0 Å². The number of rotatable bonds is 5. The monoisotopic (exact) mass is 346 g/mol. The van der Waals surface area contributed by atoms with Gasteiger partial charge < -0.3 is 15.3 Å². The van der Waals surface area contributed by atoms with Gasteiger partial charge in [-0.1, -0.05) is 42.5 Å². The average Bonchev–Trinajstić information content (AvgIpc) is 2.62. The molecule has 2 N–H and O–H groups in total. The minimum absolute atomic E-state index is 0.121. The van der Waals surface area contributed by atoms with Crippen molar-refractivity contribution in [2.24, 2.45) is 0 Å². The first-order valence-electron chi connectivity index (χ1n) is 8.46. The fourth-order valence-corrected chi connectivity index (χ4v) is 2.89. The number of phenols is 1. The summed E-state index contributed by atoms with van der Waals surface area (Å²) in [4.78, 5) is 14.7. The minimum atomic E-state index is -0.199. The number of amides is 1. The molecule has 3 aromatic rings. The summed E-state index contributed by atoms with van der Waals surface area (Å²) in [5, 5.41) is 12.4. The molecular weight excluding hydrogens is 324 g/mol. The lowest BCUT2D eigenvalue weighted by Gasteiger charge is -2.16. The molecule has 0 saturated carbocycles. The molecule has 0 aliphatic rings. The minimum Gasteiger partial charge on any atom is -0.508 e. The highest BCUT2D eigenvalue weighted by Gasteiger charge is 2.12. The summed E-state index contributed by atoms with van der Waals surface area (Å²) in [5.41, 5.74) is 4.49. The summed E-state index contributed by atoms with van der Waals surface area (Å²) in [5.74, 6) is -0.0780. The normalized spacial score (nSPS) is 10.7. The number of benzene rings is 3. The molecule has 0 unspecified atom stereocenters. The summed E-state index contributed by atoms with van der Waals surface area (Å²) in [6.45, 7) is 0.734. The number of phenolic OH excluding ortho intramolecular Hbond substituents is 1. The van der Waals surface area contributed by atoms with Gasteiger partial charge in [-0.3, -0.25) is 4.79 Å². The maximum Gasteiger partial charge on any atom is 0.255 e. The Morgan fingerprint density at radius 2 is 1.73 bits per heavy atom. The van der Waals surface area contributed by atoms with E-state index in [0.29, 0.717) is 11.3 Å². The fourth-order valence-electron chi connectivity index (χ4n) is 2.89. The summed E-state index contributed by atoms with van der Waals surface area (Å²) >= 11 is 0. The molecule has 0 aromatic heterocycles. The van der Waals surface area contributed by atoms with Crippen molar-refractivity contribution in [2.75, 3.05) is 19.4 Å². The lowest BCUT2D eigenvalue weighted by Crippen LogP contribution is -2.15. The Bertz CT molecular complexity index is 905. The van der Waals surface area contributed by atoms with Crippen LogP contribution in [0.1, 0.15) is 15.9 Å². The molecule has 0 atom stereocenters. The number of nitrogens with zero attached hydrogens (tertiary/aromatic N) is 1. The first-order chi connectivity index (χ1) is 12.5. The molecule has 3 rings (SSSR count). The standard InChI is InChI=1S/C22H22N2O2/c1-24(2)15-18-13-17(11-12-21(18)16-7-4-3-5-8-16)22(26)23-19-9-6-10-20(25)14-19/h3-14,25H,15H2,1-2H3,(H,23,26). The topological polar surface area (TPSA) is 52.6 Å². The van der Waals surface area contributed by atoms with E-state index < -0.39 is 0 Å². The lowest BCUT2D eigenvalue weighted by atomic mass is 9.97. The van der Waals surface area contributed by atoms with Crippen LogP contribution in [0.5, 0.6) is 5.75 Å².